The number of aromatic nitrogens is 3. The number of amides is 1. The van der Waals surface area contributed by atoms with Gasteiger partial charge in [0.05, 0.1) is 15.8 Å². The molecular formula is C13H9ClN4O3S. The molecule has 9 heteroatoms. The first-order valence-corrected chi connectivity index (χ1v) is 7.36. The van der Waals surface area contributed by atoms with E-state index in [-0.39, 0.29) is 29.7 Å². The molecule has 0 aliphatic carbocycles. The Balaban J connectivity index is 1.67. The van der Waals surface area contributed by atoms with Crippen LogP contribution < -0.4 is 10.9 Å². The molecule has 3 rings (SSSR count). The van der Waals surface area contributed by atoms with Gasteiger partial charge < -0.3 is 14.8 Å². The van der Waals surface area contributed by atoms with Crippen molar-refractivity contribution in [3.8, 4) is 11.4 Å². The van der Waals surface area contributed by atoms with Crippen molar-refractivity contribution in [2.24, 2.45) is 0 Å². The number of hydrogen-bond donors (Lipinski definition) is 2. The summed E-state index contributed by atoms with van der Waals surface area (Å²) in [4.78, 5) is 30.2. The molecule has 0 saturated carbocycles. The van der Waals surface area contributed by atoms with Gasteiger partial charge in [0.25, 0.3) is 5.91 Å². The van der Waals surface area contributed by atoms with Crippen LogP contribution in [0.2, 0.25) is 4.34 Å². The van der Waals surface area contributed by atoms with Crippen LogP contribution in [0.5, 0.6) is 0 Å². The normalized spacial score (nSPS) is 10.6. The van der Waals surface area contributed by atoms with Gasteiger partial charge in [-0.05, 0) is 18.2 Å². The standard InChI is InChI=1S/C13H9ClN4O3S/c14-9-2-1-8(22-9)13(20)16-6-11-17-12(18-21-11)7-3-4-15-10(19)5-7/h1-5H,6H2,(H,15,19)(H,16,20). The number of nitrogens with zero attached hydrogens (tertiary/aromatic N) is 2. The second-order valence-electron chi connectivity index (χ2n) is 4.24. The first-order valence-electron chi connectivity index (χ1n) is 6.17. The van der Waals surface area contributed by atoms with Crippen molar-refractivity contribution >= 4 is 28.8 Å². The summed E-state index contributed by atoms with van der Waals surface area (Å²) in [5, 5.41) is 6.43. The molecule has 1 amide bonds. The third-order valence-electron chi connectivity index (χ3n) is 2.70. The number of hydrogen-bond acceptors (Lipinski definition) is 6. The fraction of sp³-hybridized carbons (Fsp3) is 0.0769. The molecule has 3 aromatic rings. The number of carbonyl (C=O) groups is 1. The summed E-state index contributed by atoms with van der Waals surface area (Å²) in [5.41, 5.74) is 0.279. The molecular weight excluding hydrogens is 328 g/mol. The highest BCUT2D eigenvalue weighted by atomic mass is 35.5. The van der Waals surface area contributed by atoms with Crippen molar-refractivity contribution in [3.63, 3.8) is 0 Å². The summed E-state index contributed by atoms with van der Waals surface area (Å²) in [6.45, 7) is 0.0878. The Morgan fingerprint density at radius 3 is 3.00 bits per heavy atom. The van der Waals surface area contributed by atoms with E-state index in [1.807, 2.05) is 0 Å². The molecule has 2 N–H and O–H groups in total. The van der Waals surface area contributed by atoms with Gasteiger partial charge in [-0.1, -0.05) is 16.8 Å². The van der Waals surface area contributed by atoms with Crippen molar-refractivity contribution in [3.05, 3.63) is 55.9 Å². The van der Waals surface area contributed by atoms with E-state index in [1.54, 1.807) is 18.2 Å². The summed E-state index contributed by atoms with van der Waals surface area (Å²) in [7, 11) is 0. The summed E-state index contributed by atoms with van der Waals surface area (Å²) >= 11 is 6.96. The van der Waals surface area contributed by atoms with Crippen LogP contribution in [0.4, 0.5) is 0 Å². The molecule has 0 bridgehead atoms. The number of thiophene rings is 1. The van der Waals surface area contributed by atoms with E-state index in [2.05, 4.69) is 20.4 Å². The Morgan fingerprint density at radius 1 is 1.41 bits per heavy atom. The summed E-state index contributed by atoms with van der Waals surface area (Å²) in [6, 6.07) is 6.31. The number of carbonyl (C=O) groups excluding carboxylic acids is 1. The average Bonchev–Trinajstić information content (AvgIpc) is 3.14. The average molecular weight is 337 g/mol. The minimum Gasteiger partial charge on any atom is -0.342 e. The lowest BCUT2D eigenvalue weighted by Gasteiger charge is -1.98. The van der Waals surface area contributed by atoms with Crippen LogP contribution >= 0.6 is 22.9 Å². The topological polar surface area (TPSA) is 101 Å². The molecule has 0 atom stereocenters. The molecule has 3 heterocycles. The van der Waals surface area contributed by atoms with Crippen LogP contribution in [0, 0.1) is 0 Å². The van der Waals surface area contributed by atoms with Gasteiger partial charge in [0.1, 0.15) is 0 Å². The highest BCUT2D eigenvalue weighted by molar-refractivity contribution is 7.17. The molecule has 22 heavy (non-hydrogen) atoms. The monoisotopic (exact) mass is 336 g/mol. The molecule has 0 unspecified atom stereocenters. The van der Waals surface area contributed by atoms with Crippen LogP contribution in [-0.2, 0) is 6.54 Å². The summed E-state index contributed by atoms with van der Waals surface area (Å²) in [5.74, 6) is 0.258. The van der Waals surface area contributed by atoms with Gasteiger partial charge in [-0.25, -0.2) is 0 Å². The van der Waals surface area contributed by atoms with Crippen LogP contribution in [0.3, 0.4) is 0 Å². The number of pyridine rings is 1. The maximum absolute atomic E-state index is 11.9. The molecule has 0 spiro atoms. The van der Waals surface area contributed by atoms with Crippen LogP contribution in [0.1, 0.15) is 15.6 Å². The lowest BCUT2D eigenvalue weighted by Crippen LogP contribution is -2.21. The quantitative estimate of drug-likeness (QED) is 0.759. The zero-order valence-corrected chi connectivity index (χ0v) is 12.6. The predicted octanol–water partition coefficient (Wildman–Crippen LogP) is 2.07. The molecule has 0 radical (unpaired) electrons. The van der Waals surface area contributed by atoms with Gasteiger partial charge in [0, 0.05) is 17.8 Å². The first-order chi connectivity index (χ1) is 10.6. The van der Waals surface area contributed by atoms with Gasteiger partial charge in [0.15, 0.2) is 0 Å². The highest BCUT2D eigenvalue weighted by Gasteiger charge is 2.12. The van der Waals surface area contributed by atoms with Gasteiger partial charge in [-0.2, -0.15) is 4.98 Å². The van der Waals surface area contributed by atoms with Crippen LogP contribution in [0.15, 0.2) is 39.8 Å². The largest absolute Gasteiger partial charge is 0.342 e. The van der Waals surface area contributed by atoms with E-state index in [0.29, 0.717) is 14.8 Å². The van der Waals surface area contributed by atoms with Gasteiger partial charge in [0.2, 0.25) is 17.3 Å². The maximum atomic E-state index is 11.9. The van der Waals surface area contributed by atoms with E-state index < -0.39 is 0 Å². The van der Waals surface area contributed by atoms with Gasteiger partial charge in [-0.3, -0.25) is 9.59 Å². The van der Waals surface area contributed by atoms with Crippen molar-refractivity contribution < 1.29 is 9.32 Å². The first kappa shape index (κ1) is 14.5. The van der Waals surface area contributed by atoms with E-state index in [0.717, 1.165) is 0 Å². The molecule has 0 aliphatic heterocycles. The minimum absolute atomic E-state index is 0.0878. The highest BCUT2D eigenvalue weighted by Crippen LogP contribution is 2.21. The zero-order valence-electron chi connectivity index (χ0n) is 11.0. The van der Waals surface area contributed by atoms with Crippen molar-refractivity contribution in [2.75, 3.05) is 0 Å². The van der Waals surface area contributed by atoms with Crippen LogP contribution in [-0.4, -0.2) is 21.0 Å². The second kappa shape index (κ2) is 6.12. The Labute approximate surface area is 132 Å². The van der Waals surface area contributed by atoms with E-state index in [1.165, 1.54) is 23.6 Å². The van der Waals surface area contributed by atoms with E-state index in [4.69, 9.17) is 16.1 Å². The van der Waals surface area contributed by atoms with Gasteiger partial charge in [-0.15, -0.1) is 11.3 Å². The van der Waals surface area contributed by atoms with Crippen molar-refractivity contribution in [2.45, 2.75) is 6.54 Å². The zero-order chi connectivity index (χ0) is 15.5. The molecule has 0 fully saturated rings. The summed E-state index contributed by atoms with van der Waals surface area (Å²) in [6.07, 6.45) is 1.50. The van der Waals surface area contributed by atoms with E-state index >= 15 is 0 Å². The molecule has 7 nitrogen and oxygen atoms in total. The number of rotatable bonds is 4. The third kappa shape index (κ3) is 3.23. The molecule has 0 saturated heterocycles. The number of aromatic amines is 1. The molecule has 3 aromatic heterocycles. The fourth-order valence-electron chi connectivity index (χ4n) is 1.71. The second-order valence-corrected chi connectivity index (χ2v) is 5.95. The minimum atomic E-state index is -0.271. The Kier molecular flexibility index (Phi) is 4.03. The molecule has 0 aromatic carbocycles. The lowest BCUT2D eigenvalue weighted by atomic mass is 10.2. The third-order valence-corrected chi connectivity index (χ3v) is 3.93. The number of nitrogens with one attached hydrogen (secondary N) is 2. The lowest BCUT2D eigenvalue weighted by molar-refractivity contribution is 0.0950. The predicted molar refractivity (Wildman–Crippen MR) is 80.9 cm³/mol. The number of H-pyrrole nitrogens is 1. The number of halogens is 1. The SMILES string of the molecule is O=C(NCc1nc(-c2cc[nH]c(=O)c2)no1)c1ccc(Cl)s1. The Bertz CT molecular complexity index is 870. The van der Waals surface area contributed by atoms with E-state index in [9.17, 15) is 9.59 Å². The maximum Gasteiger partial charge on any atom is 0.261 e. The Hall–Kier alpha value is -2.45. The van der Waals surface area contributed by atoms with Crippen molar-refractivity contribution in [1.29, 1.82) is 0 Å². The Morgan fingerprint density at radius 2 is 2.27 bits per heavy atom. The molecule has 112 valence electrons. The fourth-order valence-corrected chi connectivity index (χ4v) is 2.67. The molecule has 0 aliphatic rings. The van der Waals surface area contributed by atoms with Gasteiger partial charge >= 0.3 is 0 Å². The van der Waals surface area contributed by atoms with Crippen molar-refractivity contribution in [1.82, 2.24) is 20.4 Å². The van der Waals surface area contributed by atoms with Crippen LogP contribution in [0.25, 0.3) is 11.4 Å². The smallest absolute Gasteiger partial charge is 0.261 e. The summed E-state index contributed by atoms with van der Waals surface area (Å²) < 4.78 is 5.58.